The number of hydrogen-bond acceptors (Lipinski definition) is 5. The Bertz CT molecular complexity index is 1370. The molecule has 0 saturated heterocycles. The van der Waals surface area contributed by atoms with Crippen molar-refractivity contribution in [2.75, 3.05) is 11.1 Å². The molecule has 9 heteroatoms. The first-order chi connectivity index (χ1) is 16.3. The smallest absolute Gasteiger partial charge is 0.248 e. The van der Waals surface area contributed by atoms with E-state index in [0.717, 1.165) is 22.4 Å². The van der Waals surface area contributed by atoms with Gasteiger partial charge in [0.25, 0.3) is 0 Å². The lowest BCUT2D eigenvalue weighted by molar-refractivity contribution is -0.113. The summed E-state index contributed by atoms with van der Waals surface area (Å²) in [5.41, 5.74) is 10.1. The number of anilines is 1. The predicted molar refractivity (Wildman–Crippen MR) is 136 cm³/mol. The maximum absolute atomic E-state index is 12.6. The van der Waals surface area contributed by atoms with Gasteiger partial charge >= 0.3 is 0 Å². The Morgan fingerprint density at radius 1 is 1.03 bits per heavy atom. The minimum Gasteiger partial charge on any atom is -0.366 e. The standard InChI is InChI=1S/C25H22ClN5O2S/c1-15-6-7-16(2)21(12-15)31-24(18-4-3-5-19(26)13-18)29-30-25(31)34-14-22(32)28-20-10-8-17(9-11-20)23(27)33/h3-13H,14H2,1-2H3,(H2,27,33)(H,28,32). The van der Waals surface area contributed by atoms with Gasteiger partial charge in [0.15, 0.2) is 11.0 Å². The summed E-state index contributed by atoms with van der Waals surface area (Å²) in [6.07, 6.45) is 0. The van der Waals surface area contributed by atoms with Crippen molar-refractivity contribution in [1.82, 2.24) is 14.8 Å². The number of nitrogens with two attached hydrogens (primary N) is 1. The maximum atomic E-state index is 12.6. The second-order valence-electron chi connectivity index (χ2n) is 7.72. The number of carbonyl (C=O) groups is 2. The number of aryl methyl sites for hydroxylation is 2. The number of nitrogens with zero attached hydrogens (tertiary/aromatic N) is 3. The highest BCUT2D eigenvalue weighted by atomic mass is 35.5. The van der Waals surface area contributed by atoms with Gasteiger partial charge < -0.3 is 11.1 Å². The molecule has 0 radical (unpaired) electrons. The molecular formula is C25H22ClN5O2S. The molecule has 3 aromatic carbocycles. The van der Waals surface area contributed by atoms with Gasteiger partial charge in [0.05, 0.1) is 11.4 Å². The lowest BCUT2D eigenvalue weighted by Gasteiger charge is -2.14. The molecule has 0 fully saturated rings. The highest BCUT2D eigenvalue weighted by Gasteiger charge is 2.19. The van der Waals surface area contributed by atoms with E-state index in [-0.39, 0.29) is 11.7 Å². The number of amides is 2. The number of carbonyl (C=O) groups excluding carboxylic acids is 2. The van der Waals surface area contributed by atoms with Crippen LogP contribution in [-0.4, -0.2) is 32.3 Å². The van der Waals surface area contributed by atoms with Crippen molar-refractivity contribution in [3.05, 3.63) is 88.4 Å². The Kier molecular flexibility index (Phi) is 7.00. The van der Waals surface area contributed by atoms with Crippen LogP contribution in [0.3, 0.4) is 0 Å². The molecule has 4 rings (SSSR count). The Balaban J connectivity index is 1.61. The van der Waals surface area contributed by atoms with Crippen molar-refractivity contribution in [3.8, 4) is 17.1 Å². The Hall–Kier alpha value is -3.62. The maximum Gasteiger partial charge on any atom is 0.248 e. The highest BCUT2D eigenvalue weighted by Crippen LogP contribution is 2.31. The first kappa shape index (κ1) is 23.5. The van der Waals surface area contributed by atoms with Gasteiger partial charge in [-0.05, 0) is 67.4 Å². The minimum atomic E-state index is -0.519. The van der Waals surface area contributed by atoms with E-state index in [0.29, 0.717) is 27.3 Å². The number of nitrogens with one attached hydrogen (secondary N) is 1. The second kappa shape index (κ2) is 10.1. The molecule has 0 spiro atoms. The first-order valence-electron chi connectivity index (χ1n) is 10.4. The van der Waals surface area contributed by atoms with Crippen molar-refractivity contribution in [1.29, 1.82) is 0 Å². The molecule has 0 bridgehead atoms. The highest BCUT2D eigenvalue weighted by molar-refractivity contribution is 7.99. The summed E-state index contributed by atoms with van der Waals surface area (Å²) in [5, 5.41) is 12.8. The normalized spacial score (nSPS) is 10.8. The molecule has 0 atom stereocenters. The molecule has 1 aromatic heterocycles. The average Bonchev–Trinajstić information content (AvgIpc) is 3.23. The van der Waals surface area contributed by atoms with Gasteiger partial charge in [-0.25, -0.2) is 0 Å². The van der Waals surface area contributed by atoms with Crippen LogP contribution in [-0.2, 0) is 4.79 Å². The predicted octanol–water partition coefficient (Wildman–Crippen LogP) is 5.03. The summed E-state index contributed by atoms with van der Waals surface area (Å²) in [6, 6.07) is 20.0. The average molecular weight is 492 g/mol. The van der Waals surface area contributed by atoms with Gasteiger partial charge in [0, 0.05) is 21.8 Å². The zero-order valence-corrected chi connectivity index (χ0v) is 20.2. The fourth-order valence-electron chi connectivity index (χ4n) is 3.40. The van der Waals surface area contributed by atoms with Gasteiger partial charge in [0.2, 0.25) is 11.8 Å². The molecule has 3 N–H and O–H groups in total. The van der Waals surface area contributed by atoms with E-state index in [1.165, 1.54) is 11.8 Å². The van der Waals surface area contributed by atoms with Crippen LogP contribution in [0.5, 0.6) is 0 Å². The number of primary amides is 1. The fraction of sp³-hybridized carbons (Fsp3) is 0.120. The van der Waals surface area contributed by atoms with Crippen molar-refractivity contribution in [3.63, 3.8) is 0 Å². The van der Waals surface area contributed by atoms with Gasteiger partial charge in [-0.2, -0.15) is 0 Å². The van der Waals surface area contributed by atoms with Crippen LogP contribution in [0.4, 0.5) is 5.69 Å². The first-order valence-corrected chi connectivity index (χ1v) is 11.8. The SMILES string of the molecule is Cc1ccc(C)c(-n2c(SCC(=O)Nc3ccc(C(N)=O)cc3)nnc2-c2cccc(Cl)c2)c1. The summed E-state index contributed by atoms with van der Waals surface area (Å²) >= 11 is 7.50. The third-order valence-corrected chi connectivity index (χ3v) is 6.27. The Labute approximate surface area is 206 Å². The summed E-state index contributed by atoms with van der Waals surface area (Å²) < 4.78 is 1.95. The Morgan fingerprint density at radius 2 is 1.79 bits per heavy atom. The molecule has 172 valence electrons. The molecule has 0 aliphatic rings. The monoisotopic (exact) mass is 491 g/mol. The van der Waals surface area contributed by atoms with E-state index < -0.39 is 5.91 Å². The lowest BCUT2D eigenvalue weighted by atomic mass is 10.1. The van der Waals surface area contributed by atoms with Crippen LogP contribution in [0.25, 0.3) is 17.1 Å². The number of benzene rings is 3. The van der Waals surface area contributed by atoms with Crippen LogP contribution < -0.4 is 11.1 Å². The molecule has 0 unspecified atom stereocenters. The quantitative estimate of drug-likeness (QED) is 0.353. The fourth-order valence-corrected chi connectivity index (χ4v) is 4.34. The van der Waals surface area contributed by atoms with E-state index in [4.69, 9.17) is 17.3 Å². The number of halogens is 1. The van der Waals surface area contributed by atoms with Crippen LogP contribution in [0, 0.1) is 13.8 Å². The number of rotatable bonds is 7. The topological polar surface area (TPSA) is 103 Å². The van der Waals surface area contributed by atoms with Crippen LogP contribution >= 0.6 is 23.4 Å². The minimum absolute atomic E-state index is 0.121. The molecular weight excluding hydrogens is 470 g/mol. The summed E-state index contributed by atoms with van der Waals surface area (Å²) in [4.78, 5) is 23.8. The third-order valence-electron chi connectivity index (χ3n) is 5.11. The number of thioether (sulfide) groups is 1. The van der Waals surface area contributed by atoms with Crippen LogP contribution in [0.15, 0.2) is 71.9 Å². The molecule has 7 nitrogen and oxygen atoms in total. The zero-order chi connectivity index (χ0) is 24.2. The van der Waals surface area contributed by atoms with Gasteiger partial charge in [-0.15, -0.1) is 10.2 Å². The summed E-state index contributed by atoms with van der Waals surface area (Å²) in [7, 11) is 0. The summed E-state index contributed by atoms with van der Waals surface area (Å²) in [5.74, 6) is 0.0309. The second-order valence-corrected chi connectivity index (χ2v) is 9.10. The number of hydrogen-bond donors (Lipinski definition) is 2. The van der Waals surface area contributed by atoms with E-state index in [1.807, 2.05) is 48.7 Å². The molecule has 34 heavy (non-hydrogen) atoms. The van der Waals surface area contributed by atoms with Gasteiger partial charge in [-0.3, -0.25) is 14.2 Å². The lowest BCUT2D eigenvalue weighted by Crippen LogP contribution is -2.15. The number of aromatic nitrogens is 3. The largest absolute Gasteiger partial charge is 0.366 e. The van der Waals surface area contributed by atoms with Crippen LogP contribution in [0.1, 0.15) is 21.5 Å². The zero-order valence-electron chi connectivity index (χ0n) is 18.6. The van der Waals surface area contributed by atoms with Crippen molar-refractivity contribution in [2.24, 2.45) is 5.73 Å². The molecule has 4 aromatic rings. The molecule has 1 heterocycles. The van der Waals surface area contributed by atoms with Crippen LogP contribution in [0.2, 0.25) is 5.02 Å². The van der Waals surface area contributed by atoms with E-state index >= 15 is 0 Å². The van der Waals surface area contributed by atoms with Gasteiger partial charge in [-0.1, -0.05) is 47.6 Å². The van der Waals surface area contributed by atoms with Crippen molar-refractivity contribution in [2.45, 2.75) is 19.0 Å². The van der Waals surface area contributed by atoms with E-state index in [2.05, 4.69) is 21.6 Å². The molecule has 0 aliphatic heterocycles. The Morgan fingerprint density at radius 3 is 2.50 bits per heavy atom. The van der Waals surface area contributed by atoms with E-state index in [9.17, 15) is 9.59 Å². The van der Waals surface area contributed by atoms with E-state index in [1.54, 1.807) is 30.3 Å². The molecule has 0 saturated carbocycles. The summed E-state index contributed by atoms with van der Waals surface area (Å²) in [6.45, 7) is 4.05. The third kappa shape index (κ3) is 5.30. The molecule has 2 amide bonds. The molecule has 0 aliphatic carbocycles. The van der Waals surface area contributed by atoms with Gasteiger partial charge in [0.1, 0.15) is 0 Å². The van der Waals surface area contributed by atoms with Crippen molar-refractivity contribution >= 4 is 40.9 Å². The van der Waals surface area contributed by atoms with Crippen molar-refractivity contribution < 1.29 is 9.59 Å².